The van der Waals surface area contributed by atoms with E-state index in [0.29, 0.717) is 16.9 Å². The Bertz CT molecular complexity index is 2350. The molecule has 0 saturated carbocycles. The van der Waals surface area contributed by atoms with Gasteiger partial charge in [-0.25, -0.2) is 0 Å². The van der Waals surface area contributed by atoms with Gasteiger partial charge in [-0.15, -0.1) is 0 Å². The Morgan fingerprint density at radius 1 is 0.419 bits per heavy atom. The van der Waals surface area contributed by atoms with Crippen LogP contribution in [0.1, 0.15) is 0 Å². The third kappa shape index (κ3) is 4.11. The number of methoxy groups -OCH3 is 1. The molecule has 0 heterocycles. The minimum atomic E-state index is -0.00639. The van der Waals surface area contributed by atoms with Gasteiger partial charge in [0.1, 0.15) is 5.75 Å². The van der Waals surface area contributed by atoms with Crippen LogP contribution in [-0.4, -0.2) is 7.11 Å². The molecule has 0 aliphatic heterocycles. The SMILES string of the molecule is COc1c(-c2ccc3ccccc3c2)cc2ccccc2c1-c1c([O-])c(-c2ccc3ccccc3c2)cc2ccccc12. The highest BCUT2D eigenvalue weighted by molar-refractivity contribution is 6.14. The molecule has 0 atom stereocenters. The fourth-order valence-corrected chi connectivity index (χ4v) is 6.51. The van der Waals surface area contributed by atoms with E-state index in [1.54, 1.807) is 7.11 Å². The Labute approximate surface area is 250 Å². The Hall–Kier alpha value is -5.60. The van der Waals surface area contributed by atoms with Gasteiger partial charge in [-0.2, -0.15) is 0 Å². The zero-order valence-electron chi connectivity index (χ0n) is 23.7. The molecule has 0 N–H and O–H groups in total. The lowest BCUT2D eigenvalue weighted by molar-refractivity contribution is -0.266. The van der Waals surface area contributed by atoms with Crippen molar-refractivity contribution in [2.45, 2.75) is 0 Å². The first kappa shape index (κ1) is 25.1. The van der Waals surface area contributed by atoms with Crippen molar-refractivity contribution in [3.63, 3.8) is 0 Å². The van der Waals surface area contributed by atoms with Gasteiger partial charge < -0.3 is 9.84 Å². The van der Waals surface area contributed by atoms with Crippen LogP contribution in [-0.2, 0) is 0 Å². The molecule has 0 aromatic heterocycles. The molecule has 8 aromatic rings. The van der Waals surface area contributed by atoms with Crippen LogP contribution in [0.15, 0.2) is 146 Å². The lowest BCUT2D eigenvalue weighted by Gasteiger charge is -2.26. The van der Waals surface area contributed by atoms with E-state index >= 15 is 0 Å². The molecular weight excluding hydrogens is 524 g/mol. The third-order valence-corrected chi connectivity index (χ3v) is 8.58. The van der Waals surface area contributed by atoms with Crippen LogP contribution in [0.3, 0.4) is 0 Å². The van der Waals surface area contributed by atoms with Gasteiger partial charge in [-0.3, -0.25) is 0 Å². The molecule has 0 aliphatic rings. The predicted molar refractivity (Wildman–Crippen MR) is 179 cm³/mol. The summed E-state index contributed by atoms with van der Waals surface area (Å²) in [5, 5.41) is 23.4. The van der Waals surface area contributed by atoms with Crippen LogP contribution in [0.2, 0.25) is 0 Å². The van der Waals surface area contributed by atoms with Gasteiger partial charge in [-0.1, -0.05) is 127 Å². The fourth-order valence-electron chi connectivity index (χ4n) is 6.51. The smallest absolute Gasteiger partial charge is 0.135 e. The first-order valence-electron chi connectivity index (χ1n) is 14.5. The van der Waals surface area contributed by atoms with Crippen LogP contribution >= 0.6 is 0 Å². The van der Waals surface area contributed by atoms with Gasteiger partial charge in [0.05, 0.1) is 7.11 Å². The maximum atomic E-state index is 14.8. The Balaban J connectivity index is 1.48. The normalized spacial score (nSPS) is 11.5. The molecular formula is C41H27O2-. The minimum absolute atomic E-state index is 0.00639. The molecule has 43 heavy (non-hydrogen) atoms. The summed E-state index contributed by atoms with van der Waals surface area (Å²) in [5.74, 6) is 0.694. The second-order valence-electron chi connectivity index (χ2n) is 11.0. The summed E-state index contributed by atoms with van der Waals surface area (Å²) in [5.41, 5.74) is 5.09. The molecule has 8 rings (SSSR count). The van der Waals surface area contributed by atoms with Crippen molar-refractivity contribution in [1.82, 2.24) is 0 Å². The van der Waals surface area contributed by atoms with Gasteiger partial charge in [0.15, 0.2) is 0 Å². The molecule has 204 valence electrons. The maximum absolute atomic E-state index is 14.8. The average Bonchev–Trinajstić information content (AvgIpc) is 3.07. The van der Waals surface area contributed by atoms with E-state index in [1.165, 1.54) is 5.39 Å². The summed E-state index contributed by atoms with van der Waals surface area (Å²) in [6, 6.07) is 50.0. The topological polar surface area (TPSA) is 32.3 Å². The molecule has 0 saturated heterocycles. The first-order valence-corrected chi connectivity index (χ1v) is 14.5. The standard InChI is InChI=1S/C41H28O2/c1-43-41-37(33-21-19-27-11-3-5-13-29(27)23-33)25-31-15-7-9-17-35(31)39(41)38-34-16-8-6-14-30(34)24-36(40(38)42)32-20-18-26-10-2-4-12-28(26)22-32/h2-25,42H,1H3/p-1. The Morgan fingerprint density at radius 2 is 0.860 bits per heavy atom. The zero-order valence-corrected chi connectivity index (χ0v) is 23.7. The van der Waals surface area contributed by atoms with Crippen LogP contribution in [0, 0.1) is 0 Å². The zero-order chi connectivity index (χ0) is 28.9. The van der Waals surface area contributed by atoms with E-state index in [2.05, 4.69) is 97.1 Å². The highest BCUT2D eigenvalue weighted by Crippen LogP contribution is 2.51. The molecule has 2 nitrogen and oxygen atoms in total. The summed E-state index contributed by atoms with van der Waals surface area (Å²) in [4.78, 5) is 0. The van der Waals surface area contributed by atoms with Crippen LogP contribution in [0.25, 0.3) is 76.5 Å². The van der Waals surface area contributed by atoms with Crippen molar-refractivity contribution in [2.75, 3.05) is 7.11 Å². The Morgan fingerprint density at radius 3 is 1.42 bits per heavy atom. The van der Waals surface area contributed by atoms with Crippen molar-refractivity contribution in [1.29, 1.82) is 0 Å². The number of hydrogen-bond donors (Lipinski definition) is 0. The van der Waals surface area contributed by atoms with Gasteiger partial charge in [0.2, 0.25) is 0 Å². The molecule has 8 aromatic carbocycles. The summed E-state index contributed by atoms with van der Waals surface area (Å²) >= 11 is 0. The lowest BCUT2D eigenvalue weighted by atomic mass is 9.86. The summed E-state index contributed by atoms with van der Waals surface area (Å²) in [6.07, 6.45) is 0. The molecule has 0 amide bonds. The molecule has 2 heteroatoms. The van der Waals surface area contributed by atoms with E-state index in [4.69, 9.17) is 4.74 Å². The maximum Gasteiger partial charge on any atom is 0.135 e. The molecule has 0 bridgehead atoms. The second kappa shape index (κ2) is 10.0. The molecule has 0 aliphatic carbocycles. The highest BCUT2D eigenvalue weighted by Gasteiger charge is 2.21. The molecule has 0 fully saturated rings. The summed E-state index contributed by atoms with van der Waals surface area (Å²) < 4.78 is 6.27. The van der Waals surface area contributed by atoms with E-state index in [9.17, 15) is 5.11 Å². The first-order chi connectivity index (χ1) is 21.2. The van der Waals surface area contributed by atoms with Crippen LogP contribution in [0.4, 0.5) is 0 Å². The average molecular weight is 552 g/mol. The van der Waals surface area contributed by atoms with Crippen molar-refractivity contribution in [3.05, 3.63) is 146 Å². The minimum Gasteiger partial charge on any atom is -0.872 e. The summed E-state index contributed by atoms with van der Waals surface area (Å²) in [6.45, 7) is 0. The van der Waals surface area contributed by atoms with E-state index in [-0.39, 0.29) is 5.75 Å². The van der Waals surface area contributed by atoms with Crippen LogP contribution in [0.5, 0.6) is 11.5 Å². The van der Waals surface area contributed by atoms with Crippen LogP contribution < -0.4 is 9.84 Å². The van der Waals surface area contributed by atoms with Gasteiger partial charge in [0.25, 0.3) is 0 Å². The van der Waals surface area contributed by atoms with E-state index in [1.807, 2.05) is 48.5 Å². The number of hydrogen-bond acceptors (Lipinski definition) is 2. The predicted octanol–water partition coefficient (Wildman–Crippen LogP) is 10.4. The largest absolute Gasteiger partial charge is 0.872 e. The number of rotatable bonds is 4. The molecule has 0 spiro atoms. The number of benzene rings is 8. The van der Waals surface area contributed by atoms with Gasteiger partial charge in [-0.05, 0) is 89.6 Å². The van der Waals surface area contributed by atoms with Crippen molar-refractivity contribution < 1.29 is 9.84 Å². The number of fused-ring (bicyclic) bond motifs is 4. The lowest BCUT2D eigenvalue weighted by Crippen LogP contribution is -2.01. The van der Waals surface area contributed by atoms with E-state index in [0.717, 1.165) is 60.0 Å². The third-order valence-electron chi connectivity index (χ3n) is 8.58. The second-order valence-corrected chi connectivity index (χ2v) is 11.0. The fraction of sp³-hybridized carbons (Fsp3) is 0.0244. The van der Waals surface area contributed by atoms with Crippen molar-refractivity contribution >= 4 is 43.1 Å². The molecule has 0 unspecified atom stereocenters. The van der Waals surface area contributed by atoms with Gasteiger partial charge >= 0.3 is 0 Å². The van der Waals surface area contributed by atoms with E-state index < -0.39 is 0 Å². The monoisotopic (exact) mass is 551 g/mol. The molecule has 0 radical (unpaired) electrons. The number of ether oxygens (including phenoxy) is 1. The van der Waals surface area contributed by atoms with Crippen molar-refractivity contribution in [3.8, 4) is 44.9 Å². The summed E-state index contributed by atoms with van der Waals surface area (Å²) in [7, 11) is 1.71. The quantitative estimate of drug-likeness (QED) is 0.218. The van der Waals surface area contributed by atoms with Gasteiger partial charge in [0, 0.05) is 11.1 Å². The van der Waals surface area contributed by atoms with Crippen molar-refractivity contribution in [2.24, 2.45) is 0 Å². The Kier molecular flexibility index (Phi) is 5.87. The highest BCUT2D eigenvalue weighted by atomic mass is 16.5.